The third-order valence-electron chi connectivity index (χ3n) is 6.11. The van der Waals surface area contributed by atoms with E-state index in [1.807, 2.05) is 49.4 Å². The molecule has 0 unspecified atom stereocenters. The zero-order valence-electron chi connectivity index (χ0n) is 19.6. The Labute approximate surface area is 199 Å². The van der Waals surface area contributed by atoms with Crippen LogP contribution in [0.5, 0.6) is 11.5 Å². The van der Waals surface area contributed by atoms with Gasteiger partial charge in [0.1, 0.15) is 22.8 Å². The number of furan rings is 1. The van der Waals surface area contributed by atoms with E-state index in [1.54, 1.807) is 14.2 Å². The molecule has 170 valence electrons. The number of methoxy groups -OCH3 is 2. The standard InChI is InChI=1S/C30H27NO3/c1-20-30(22-12-8-5-9-13-22)25-18-28(33-3)24(17-29(25)34-20)19-31-26-16-23(14-15-27(26)32-2)21-10-6-4-7-11-21/h4-18,31H,19H2,1-3H3. The molecule has 5 aromatic rings. The smallest absolute Gasteiger partial charge is 0.141 e. The summed E-state index contributed by atoms with van der Waals surface area (Å²) in [5.41, 5.74) is 7.30. The number of nitrogens with one attached hydrogen (secondary N) is 1. The van der Waals surface area contributed by atoms with Gasteiger partial charge in [-0.3, -0.25) is 0 Å². The highest BCUT2D eigenvalue weighted by atomic mass is 16.5. The molecule has 0 aliphatic carbocycles. The van der Waals surface area contributed by atoms with Crippen LogP contribution in [0.3, 0.4) is 0 Å². The molecule has 1 heterocycles. The summed E-state index contributed by atoms with van der Waals surface area (Å²) in [6, 6.07) is 30.9. The Morgan fingerprint density at radius 1 is 0.706 bits per heavy atom. The van der Waals surface area contributed by atoms with Crippen LogP contribution in [0, 0.1) is 6.92 Å². The predicted molar refractivity (Wildman–Crippen MR) is 139 cm³/mol. The minimum atomic E-state index is 0.564. The van der Waals surface area contributed by atoms with Gasteiger partial charge >= 0.3 is 0 Å². The molecule has 0 spiro atoms. The van der Waals surface area contributed by atoms with E-state index in [4.69, 9.17) is 13.9 Å². The Morgan fingerprint density at radius 3 is 2.06 bits per heavy atom. The Bertz CT molecular complexity index is 1420. The van der Waals surface area contributed by atoms with Crippen LogP contribution in [0.4, 0.5) is 5.69 Å². The third kappa shape index (κ3) is 4.11. The summed E-state index contributed by atoms with van der Waals surface area (Å²) < 4.78 is 17.5. The maximum Gasteiger partial charge on any atom is 0.141 e. The molecule has 34 heavy (non-hydrogen) atoms. The summed E-state index contributed by atoms with van der Waals surface area (Å²) in [6.45, 7) is 2.57. The lowest BCUT2D eigenvalue weighted by Crippen LogP contribution is -2.03. The molecule has 1 aromatic heterocycles. The first-order valence-electron chi connectivity index (χ1n) is 11.3. The molecule has 4 aromatic carbocycles. The van der Waals surface area contributed by atoms with Gasteiger partial charge < -0.3 is 19.2 Å². The lowest BCUT2D eigenvalue weighted by atomic mass is 10.0. The molecule has 0 aliphatic rings. The third-order valence-corrected chi connectivity index (χ3v) is 6.11. The summed E-state index contributed by atoms with van der Waals surface area (Å²) in [5.74, 6) is 2.50. The maximum absolute atomic E-state index is 6.16. The van der Waals surface area contributed by atoms with Crippen LogP contribution < -0.4 is 14.8 Å². The molecule has 0 amide bonds. The average Bonchev–Trinajstić information content (AvgIpc) is 3.22. The van der Waals surface area contributed by atoms with Gasteiger partial charge in [0.2, 0.25) is 0 Å². The van der Waals surface area contributed by atoms with Crippen molar-refractivity contribution in [3.63, 3.8) is 0 Å². The van der Waals surface area contributed by atoms with Crippen LogP contribution in [0.15, 0.2) is 95.4 Å². The van der Waals surface area contributed by atoms with Crippen molar-refractivity contribution in [2.45, 2.75) is 13.5 Å². The first-order chi connectivity index (χ1) is 16.7. The maximum atomic E-state index is 6.16. The SMILES string of the molecule is COc1cc2c(-c3ccccc3)c(C)oc2cc1CNc1cc(-c2ccccc2)ccc1OC. The lowest BCUT2D eigenvalue weighted by molar-refractivity contribution is 0.410. The fourth-order valence-corrected chi connectivity index (χ4v) is 4.43. The van der Waals surface area contributed by atoms with Crippen molar-refractivity contribution in [3.8, 4) is 33.8 Å². The van der Waals surface area contributed by atoms with Gasteiger partial charge in [0.05, 0.1) is 19.9 Å². The van der Waals surface area contributed by atoms with E-state index in [-0.39, 0.29) is 0 Å². The van der Waals surface area contributed by atoms with Crippen molar-refractivity contribution >= 4 is 16.7 Å². The van der Waals surface area contributed by atoms with Crippen LogP contribution in [0.2, 0.25) is 0 Å². The molecule has 0 bridgehead atoms. The van der Waals surface area contributed by atoms with Crippen LogP contribution in [-0.2, 0) is 6.54 Å². The molecular weight excluding hydrogens is 422 g/mol. The predicted octanol–water partition coefficient (Wildman–Crippen LogP) is 7.70. The Morgan fingerprint density at radius 2 is 1.38 bits per heavy atom. The molecule has 0 atom stereocenters. The van der Waals surface area contributed by atoms with E-state index in [9.17, 15) is 0 Å². The molecule has 5 rings (SSSR count). The lowest BCUT2D eigenvalue weighted by Gasteiger charge is -2.15. The van der Waals surface area contributed by atoms with Crippen molar-refractivity contribution in [2.24, 2.45) is 0 Å². The summed E-state index contributed by atoms with van der Waals surface area (Å²) in [5, 5.41) is 4.59. The Hall–Kier alpha value is -4.18. The van der Waals surface area contributed by atoms with Gasteiger partial charge in [-0.15, -0.1) is 0 Å². The highest BCUT2D eigenvalue weighted by molar-refractivity contribution is 5.97. The number of anilines is 1. The van der Waals surface area contributed by atoms with Gasteiger partial charge in [0, 0.05) is 23.1 Å². The molecule has 0 aliphatic heterocycles. The topological polar surface area (TPSA) is 43.6 Å². The van der Waals surface area contributed by atoms with E-state index < -0.39 is 0 Å². The number of aryl methyl sites for hydroxylation is 1. The van der Waals surface area contributed by atoms with Gasteiger partial charge in [-0.25, -0.2) is 0 Å². The van der Waals surface area contributed by atoms with Crippen LogP contribution in [0.25, 0.3) is 33.2 Å². The first kappa shape index (κ1) is 21.7. The second kappa shape index (κ2) is 9.36. The number of ether oxygens (including phenoxy) is 2. The molecule has 4 nitrogen and oxygen atoms in total. The molecule has 0 radical (unpaired) electrons. The van der Waals surface area contributed by atoms with Crippen molar-refractivity contribution in [1.29, 1.82) is 0 Å². The summed E-state index contributed by atoms with van der Waals surface area (Å²) in [6.07, 6.45) is 0. The molecule has 1 N–H and O–H groups in total. The number of rotatable bonds is 7. The fraction of sp³-hybridized carbons (Fsp3) is 0.133. The molecule has 0 saturated carbocycles. The minimum Gasteiger partial charge on any atom is -0.496 e. The second-order valence-corrected chi connectivity index (χ2v) is 8.19. The van der Waals surface area contributed by atoms with Crippen LogP contribution >= 0.6 is 0 Å². The Balaban J connectivity index is 1.49. The Kier molecular flexibility index (Phi) is 5.96. The van der Waals surface area contributed by atoms with Gasteiger partial charge in [-0.1, -0.05) is 66.7 Å². The van der Waals surface area contributed by atoms with Crippen molar-refractivity contribution in [3.05, 3.63) is 102 Å². The molecule has 4 heteroatoms. The van der Waals surface area contributed by atoms with Gasteiger partial charge in [-0.05, 0) is 47.9 Å². The number of benzene rings is 4. The number of hydrogen-bond donors (Lipinski definition) is 1. The van der Waals surface area contributed by atoms with E-state index in [0.29, 0.717) is 6.54 Å². The van der Waals surface area contributed by atoms with Crippen molar-refractivity contribution < 1.29 is 13.9 Å². The molecule has 0 saturated heterocycles. The van der Waals surface area contributed by atoms with Crippen molar-refractivity contribution in [2.75, 3.05) is 19.5 Å². The van der Waals surface area contributed by atoms with Crippen LogP contribution in [-0.4, -0.2) is 14.2 Å². The number of fused-ring (bicyclic) bond motifs is 1. The van der Waals surface area contributed by atoms with Crippen molar-refractivity contribution in [1.82, 2.24) is 0 Å². The summed E-state index contributed by atoms with van der Waals surface area (Å²) >= 11 is 0. The zero-order valence-corrected chi connectivity index (χ0v) is 19.6. The van der Waals surface area contributed by atoms with Crippen LogP contribution in [0.1, 0.15) is 11.3 Å². The van der Waals surface area contributed by atoms with Gasteiger partial charge in [-0.2, -0.15) is 0 Å². The average molecular weight is 450 g/mol. The highest BCUT2D eigenvalue weighted by Gasteiger charge is 2.17. The minimum absolute atomic E-state index is 0.564. The molecular formula is C30H27NO3. The normalized spacial score (nSPS) is 10.9. The van der Waals surface area contributed by atoms with E-state index in [0.717, 1.165) is 61.7 Å². The first-order valence-corrected chi connectivity index (χ1v) is 11.3. The fourth-order valence-electron chi connectivity index (χ4n) is 4.43. The van der Waals surface area contributed by atoms with E-state index >= 15 is 0 Å². The largest absolute Gasteiger partial charge is 0.496 e. The van der Waals surface area contributed by atoms with E-state index in [2.05, 4.69) is 53.8 Å². The molecule has 0 fully saturated rings. The van der Waals surface area contributed by atoms with Gasteiger partial charge in [0.25, 0.3) is 0 Å². The zero-order chi connectivity index (χ0) is 23.5. The summed E-state index contributed by atoms with van der Waals surface area (Å²) in [7, 11) is 3.39. The second-order valence-electron chi connectivity index (χ2n) is 8.19. The van der Waals surface area contributed by atoms with Gasteiger partial charge in [0.15, 0.2) is 0 Å². The summed E-state index contributed by atoms with van der Waals surface area (Å²) in [4.78, 5) is 0. The van der Waals surface area contributed by atoms with E-state index in [1.165, 1.54) is 0 Å². The monoisotopic (exact) mass is 449 g/mol. The number of hydrogen-bond acceptors (Lipinski definition) is 4. The quantitative estimate of drug-likeness (QED) is 0.276. The highest BCUT2D eigenvalue weighted by Crippen LogP contribution is 2.38.